The van der Waals surface area contributed by atoms with E-state index < -0.39 is 11.3 Å². The first-order valence-corrected chi connectivity index (χ1v) is 5.96. The Kier molecular flexibility index (Phi) is 3.94. The number of nitrogens with one attached hydrogen (secondary N) is 1. The molecule has 0 saturated carbocycles. The first kappa shape index (κ1) is 12.6. The summed E-state index contributed by atoms with van der Waals surface area (Å²) >= 11 is 6.05. The van der Waals surface area contributed by atoms with Crippen molar-refractivity contribution in [3.63, 3.8) is 0 Å². The second kappa shape index (κ2) is 5.64. The van der Waals surface area contributed by atoms with Crippen molar-refractivity contribution in [2.75, 3.05) is 5.32 Å². The predicted octanol–water partition coefficient (Wildman–Crippen LogP) is 2.55. The first-order valence-electron chi connectivity index (χ1n) is 5.53. The van der Waals surface area contributed by atoms with Crippen LogP contribution in [0.5, 0.6) is 0 Å². The number of aryl methyl sites for hydroxylation is 1. The van der Waals surface area contributed by atoms with Gasteiger partial charge in [-0.05, 0) is 5.56 Å². The van der Waals surface area contributed by atoms with E-state index in [1.165, 1.54) is 0 Å². The maximum Gasteiger partial charge on any atom is 0.322 e. The van der Waals surface area contributed by atoms with E-state index in [1.54, 1.807) is 12.1 Å². The molecule has 2 aromatic rings. The van der Waals surface area contributed by atoms with Gasteiger partial charge in [0.15, 0.2) is 0 Å². The van der Waals surface area contributed by atoms with Crippen LogP contribution in [-0.4, -0.2) is 16.1 Å². The number of anilines is 1. The van der Waals surface area contributed by atoms with Gasteiger partial charge < -0.3 is 4.42 Å². The van der Waals surface area contributed by atoms with Gasteiger partial charge in [-0.25, -0.2) is 0 Å². The zero-order chi connectivity index (χ0) is 13.0. The highest BCUT2D eigenvalue weighted by Gasteiger charge is 2.19. The summed E-state index contributed by atoms with van der Waals surface area (Å²) in [4.78, 5) is 11.8. The second-order valence-corrected chi connectivity index (χ2v) is 4.05. The van der Waals surface area contributed by atoms with Crippen LogP contribution in [0.25, 0.3) is 0 Å². The lowest BCUT2D eigenvalue weighted by Gasteiger charge is -2.07. The highest BCUT2D eigenvalue weighted by molar-refractivity contribution is 6.32. The van der Waals surface area contributed by atoms with Crippen LogP contribution in [0.2, 0.25) is 0 Å². The maximum absolute atomic E-state index is 11.8. The van der Waals surface area contributed by atoms with E-state index in [1.807, 2.05) is 25.1 Å². The van der Waals surface area contributed by atoms with Crippen molar-refractivity contribution in [2.24, 2.45) is 0 Å². The molecule has 0 fully saturated rings. The molecule has 6 heteroatoms. The highest BCUT2D eigenvalue weighted by atomic mass is 35.5. The standard InChI is InChI=1S/C12H12ClN3O2/c1-2-9-15-16-12(18-9)14-11(17)10(13)8-6-4-3-5-7-8/h3-7,10H,2H2,1H3,(H,14,16,17). The summed E-state index contributed by atoms with van der Waals surface area (Å²) in [6.07, 6.45) is 0.617. The number of alkyl halides is 1. The van der Waals surface area contributed by atoms with Crippen molar-refractivity contribution in [1.82, 2.24) is 10.2 Å². The van der Waals surface area contributed by atoms with Gasteiger partial charge in [-0.2, -0.15) is 0 Å². The second-order valence-electron chi connectivity index (χ2n) is 3.62. The molecule has 2 rings (SSSR count). The van der Waals surface area contributed by atoms with Crippen LogP contribution in [0.15, 0.2) is 34.7 Å². The SMILES string of the molecule is CCc1nnc(NC(=O)C(Cl)c2ccccc2)o1. The molecule has 0 saturated heterocycles. The molecule has 1 heterocycles. The molecule has 0 aliphatic carbocycles. The van der Waals surface area contributed by atoms with Gasteiger partial charge in [0.2, 0.25) is 5.89 Å². The van der Waals surface area contributed by atoms with Gasteiger partial charge in [0, 0.05) is 6.42 Å². The van der Waals surface area contributed by atoms with Gasteiger partial charge in [0.05, 0.1) is 0 Å². The molecule has 0 bridgehead atoms. The van der Waals surface area contributed by atoms with Crippen molar-refractivity contribution < 1.29 is 9.21 Å². The number of hydrogen-bond acceptors (Lipinski definition) is 4. The van der Waals surface area contributed by atoms with Crippen molar-refractivity contribution in [2.45, 2.75) is 18.7 Å². The summed E-state index contributed by atoms with van der Waals surface area (Å²) in [6, 6.07) is 9.12. The molecule has 5 nitrogen and oxygen atoms in total. The van der Waals surface area contributed by atoms with E-state index in [-0.39, 0.29) is 6.01 Å². The minimum absolute atomic E-state index is 0.0680. The Hall–Kier alpha value is -1.88. The number of carbonyl (C=O) groups is 1. The average Bonchev–Trinajstić information content (AvgIpc) is 2.86. The molecule has 1 amide bonds. The van der Waals surface area contributed by atoms with Crippen molar-refractivity contribution in [1.29, 1.82) is 0 Å². The molecule has 18 heavy (non-hydrogen) atoms. The van der Waals surface area contributed by atoms with Gasteiger partial charge in [0.1, 0.15) is 5.38 Å². The lowest BCUT2D eigenvalue weighted by Crippen LogP contribution is -2.17. The van der Waals surface area contributed by atoms with Crippen molar-refractivity contribution in [3.05, 3.63) is 41.8 Å². The number of carbonyl (C=O) groups excluding carboxylic acids is 1. The number of hydrogen-bond donors (Lipinski definition) is 1. The third-order valence-electron chi connectivity index (χ3n) is 2.32. The normalized spacial score (nSPS) is 12.1. The summed E-state index contributed by atoms with van der Waals surface area (Å²) in [5, 5.41) is 9.14. The molecule has 0 aliphatic heterocycles. The number of rotatable bonds is 4. The molecule has 94 valence electrons. The van der Waals surface area contributed by atoms with Gasteiger partial charge in [-0.3, -0.25) is 10.1 Å². The largest absolute Gasteiger partial charge is 0.408 e. The Bertz CT molecular complexity index is 527. The van der Waals surface area contributed by atoms with E-state index in [0.717, 1.165) is 0 Å². The lowest BCUT2D eigenvalue weighted by atomic mass is 10.1. The highest BCUT2D eigenvalue weighted by Crippen LogP contribution is 2.21. The fourth-order valence-corrected chi connectivity index (χ4v) is 1.59. The molecule has 0 aliphatic rings. The summed E-state index contributed by atoms with van der Waals surface area (Å²) in [5.41, 5.74) is 0.715. The van der Waals surface area contributed by atoms with Crippen molar-refractivity contribution in [3.8, 4) is 0 Å². The smallest absolute Gasteiger partial charge is 0.322 e. The maximum atomic E-state index is 11.8. The van der Waals surface area contributed by atoms with E-state index in [4.69, 9.17) is 16.0 Å². The van der Waals surface area contributed by atoms with Crippen LogP contribution in [0.4, 0.5) is 6.01 Å². The molecule has 1 aromatic carbocycles. The number of benzene rings is 1. The monoisotopic (exact) mass is 265 g/mol. The number of aromatic nitrogens is 2. The summed E-state index contributed by atoms with van der Waals surface area (Å²) < 4.78 is 5.18. The van der Waals surface area contributed by atoms with Gasteiger partial charge in [-0.15, -0.1) is 16.7 Å². The Morgan fingerprint density at radius 1 is 1.39 bits per heavy atom. The fourth-order valence-electron chi connectivity index (χ4n) is 1.39. The Balaban J connectivity index is 2.04. The van der Waals surface area contributed by atoms with Crippen molar-refractivity contribution >= 4 is 23.5 Å². The molecule has 0 spiro atoms. The van der Waals surface area contributed by atoms with Crippen LogP contribution >= 0.6 is 11.6 Å². The first-order chi connectivity index (χ1) is 8.70. The van der Waals surface area contributed by atoms with Crippen LogP contribution in [0.3, 0.4) is 0 Å². The van der Waals surface area contributed by atoms with E-state index in [9.17, 15) is 4.79 Å². The molecule has 1 unspecified atom stereocenters. The van der Waals surface area contributed by atoms with E-state index in [0.29, 0.717) is 17.9 Å². The quantitative estimate of drug-likeness (QED) is 0.863. The summed E-state index contributed by atoms with van der Waals surface area (Å²) in [7, 11) is 0. The van der Waals surface area contributed by atoms with Crippen LogP contribution in [0.1, 0.15) is 23.8 Å². The number of halogens is 1. The molecular weight excluding hydrogens is 254 g/mol. The Morgan fingerprint density at radius 2 is 2.11 bits per heavy atom. The van der Waals surface area contributed by atoms with Gasteiger partial charge >= 0.3 is 6.01 Å². The van der Waals surface area contributed by atoms with Crippen LogP contribution in [0, 0.1) is 0 Å². The number of amides is 1. The van der Waals surface area contributed by atoms with Gasteiger partial charge in [0.25, 0.3) is 5.91 Å². The lowest BCUT2D eigenvalue weighted by molar-refractivity contribution is -0.116. The zero-order valence-electron chi connectivity index (χ0n) is 9.76. The van der Waals surface area contributed by atoms with Crippen LogP contribution in [-0.2, 0) is 11.2 Å². The van der Waals surface area contributed by atoms with Gasteiger partial charge in [-0.1, -0.05) is 42.4 Å². The summed E-state index contributed by atoms with van der Waals surface area (Å²) in [5.74, 6) is 0.0744. The summed E-state index contributed by atoms with van der Waals surface area (Å²) in [6.45, 7) is 1.88. The zero-order valence-corrected chi connectivity index (χ0v) is 10.5. The molecule has 1 atom stereocenters. The molecular formula is C12H12ClN3O2. The van der Waals surface area contributed by atoms with E-state index >= 15 is 0 Å². The Morgan fingerprint density at radius 3 is 2.72 bits per heavy atom. The average molecular weight is 266 g/mol. The fraction of sp³-hybridized carbons (Fsp3) is 0.250. The molecule has 1 aromatic heterocycles. The number of nitrogens with zero attached hydrogens (tertiary/aromatic N) is 2. The Labute approximate surface area is 109 Å². The topological polar surface area (TPSA) is 68.0 Å². The third-order valence-corrected chi connectivity index (χ3v) is 2.77. The van der Waals surface area contributed by atoms with E-state index in [2.05, 4.69) is 15.5 Å². The minimum atomic E-state index is -0.789. The predicted molar refractivity (Wildman–Crippen MR) is 67.3 cm³/mol. The molecule has 0 radical (unpaired) electrons. The van der Waals surface area contributed by atoms with Crippen LogP contribution < -0.4 is 5.32 Å². The third kappa shape index (κ3) is 2.87. The molecule has 1 N–H and O–H groups in total. The minimum Gasteiger partial charge on any atom is -0.408 e.